The summed E-state index contributed by atoms with van der Waals surface area (Å²) in [5, 5.41) is 2.89. The number of aryl methyl sites for hydroxylation is 1. The van der Waals surface area contributed by atoms with Crippen molar-refractivity contribution < 1.29 is 4.79 Å². The maximum Gasteiger partial charge on any atom is 0.225 e. The number of aromatic nitrogens is 1. The van der Waals surface area contributed by atoms with Crippen molar-refractivity contribution >= 4 is 27.7 Å². The van der Waals surface area contributed by atoms with Gasteiger partial charge < -0.3 is 5.32 Å². The minimum atomic E-state index is 0.0936. The van der Waals surface area contributed by atoms with Crippen LogP contribution in [0.4, 0.5) is 5.82 Å². The van der Waals surface area contributed by atoms with E-state index in [1.54, 1.807) is 6.20 Å². The van der Waals surface area contributed by atoms with E-state index < -0.39 is 0 Å². The number of carbonyl (C=O) groups is 1. The first-order valence-corrected chi connectivity index (χ1v) is 7.36. The summed E-state index contributed by atoms with van der Waals surface area (Å²) in [6.45, 7) is 1.99. The molecule has 1 N–H and O–H groups in total. The van der Waals surface area contributed by atoms with E-state index >= 15 is 0 Å². The molecular formula is C14H19BrN2O. The fourth-order valence-corrected chi connectivity index (χ4v) is 2.67. The van der Waals surface area contributed by atoms with Crippen LogP contribution in [0.5, 0.6) is 0 Å². The topological polar surface area (TPSA) is 42.0 Å². The van der Waals surface area contributed by atoms with Crippen molar-refractivity contribution in [3.05, 3.63) is 22.3 Å². The quantitative estimate of drug-likeness (QED) is 0.914. The van der Waals surface area contributed by atoms with E-state index in [9.17, 15) is 4.79 Å². The Hall–Kier alpha value is -0.900. The van der Waals surface area contributed by atoms with Gasteiger partial charge in [0, 0.05) is 17.1 Å². The van der Waals surface area contributed by atoms with Crippen molar-refractivity contribution in [3.8, 4) is 0 Å². The molecule has 1 saturated carbocycles. The molecule has 0 atom stereocenters. The van der Waals surface area contributed by atoms with Gasteiger partial charge in [-0.2, -0.15) is 0 Å². The Kier molecular flexibility index (Phi) is 4.75. The van der Waals surface area contributed by atoms with Gasteiger partial charge in [0.25, 0.3) is 0 Å². The van der Waals surface area contributed by atoms with Crippen LogP contribution in [0.1, 0.15) is 44.1 Å². The molecule has 1 aromatic rings. The van der Waals surface area contributed by atoms with Gasteiger partial charge in [0.2, 0.25) is 5.91 Å². The zero-order valence-corrected chi connectivity index (χ0v) is 12.3. The summed E-state index contributed by atoms with van der Waals surface area (Å²) < 4.78 is 0.966. The summed E-state index contributed by atoms with van der Waals surface area (Å²) >= 11 is 3.40. The highest BCUT2D eigenvalue weighted by Gasteiger charge is 2.17. The van der Waals surface area contributed by atoms with E-state index in [-0.39, 0.29) is 5.91 Å². The Morgan fingerprint density at radius 1 is 1.44 bits per heavy atom. The van der Waals surface area contributed by atoms with Crippen molar-refractivity contribution in [1.29, 1.82) is 0 Å². The van der Waals surface area contributed by atoms with E-state index in [4.69, 9.17) is 0 Å². The Labute approximate surface area is 117 Å². The average molecular weight is 311 g/mol. The minimum absolute atomic E-state index is 0.0936. The lowest BCUT2D eigenvalue weighted by Gasteiger charge is -2.20. The third-order valence-corrected chi connectivity index (χ3v) is 4.34. The molecular weight excluding hydrogens is 292 g/mol. The molecule has 0 radical (unpaired) electrons. The van der Waals surface area contributed by atoms with Gasteiger partial charge in [0.05, 0.1) is 0 Å². The number of nitrogens with zero attached hydrogens (tertiary/aromatic N) is 1. The van der Waals surface area contributed by atoms with E-state index in [0.717, 1.165) is 10.0 Å². The van der Waals surface area contributed by atoms with Crippen LogP contribution in [0, 0.1) is 12.8 Å². The zero-order chi connectivity index (χ0) is 13.0. The van der Waals surface area contributed by atoms with Gasteiger partial charge in [-0.3, -0.25) is 4.79 Å². The van der Waals surface area contributed by atoms with Gasteiger partial charge in [0.15, 0.2) is 0 Å². The van der Waals surface area contributed by atoms with Gasteiger partial charge >= 0.3 is 0 Å². The van der Waals surface area contributed by atoms with Crippen molar-refractivity contribution in [2.75, 3.05) is 5.32 Å². The SMILES string of the molecule is Cc1cc(NC(=O)CC2CCCCC2)ncc1Br. The lowest BCUT2D eigenvalue weighted by molar-refractivity contribution is -0.117. The van der Waals surface area contributed by atoms with Crippen LogP contribution in [0.15, 0.2) is 16.7 Å². The molecule has 0 aliphatic heterocycles. The molecule has 0 bridgehead atoms. The molecule has 1 aromatic heterocycles. The summed E-state index contributed by atoms with van der Waals surface area (Å²) in [5.41, 5.74) is 1.08. The first-order chi connectivity index (χ1) is 8.65. The number of carbonyl (C=O) groups excluding carboxylic acids is 1. The number of nitrogens with one attached hydrogen (secondary N) is 1. The van der Waals surface area contributed by atoms with E-state index in [1.165, 1.54) is 32.1 Å². The van der Waals surface area contributed by atoms with Crippen LogP contribution in [0.3, 0.4) is 0 Å². The van der Waals surface area contributed by atoms with Gasteiger partial charge in [-0.05, 0) is 53.2 Å². The molecule has 0 spiro atoms. The molecule has 1 amide bonds. The lowest BCUT2D eigenvalue weighted by Crippen LogP contribution is -2.18. The number of hydrogen-bond donors (Lipinski definition) is 1. The maximum absolute atomic E-state index is 11.9. The largest absolute Gasteiger partial charge is 0.311 e. The molecule has 0 aromatic carbocycles. The summed E-state index contributed by atoms with van der Waals surface area (Å²) in [6, 6.07) is 1.89. The summed E-state index contributed by atoms with van der Waals surface area (Å²) in [7, 11) is 0. The number of rotatable bonds is 3. The molecule has 3 nitrogen and oxygen atoms in total. The Morgan fingerprint density at radius 3 is 2.83 bits per heavy atom. The maximum atomic E-state index is 11.9. The number of halogens is 1. The highest BCUT2D eigenvalue weighted by atomic mass is 79.9. The highest BCUT2D eigenvalue weighted by Crippen LogP contribution is 2.26. The van der Waals surface area contributed by atoms with Crippen molar-refractivity contribution in [2.45, 2.75) is 45.4 Å². The van der Waals surface area contributed by atoms with Crippen LogP contribution in [-0.2, 0) is 4.79 Å². The van der Waals surface area contributed by atoms with E-state index in [0.29, 0.717) is 18.2 Å². The predicted molar refractivity (Wildman–Crippen MR) is 76.5 cm³/mol. The molecule has 0 unspecified atom stereocenters. The summed E-state index contributed by atoms with van der Waals surface area (Å²) in [4.78, 5) is 16.1. The fourth-order valence-electron chi connectivity index (χ4n) is 2.46. The Balaban J connectivity index is 1.88. The molecule has 2 rings (SSSR count). The van der Waals surface area contributed by atoms with Crippen LogP contribution in [0.2, 0.25) is 0 Å². The third kappa shape index (κ3) is 3.80. The number of anilines is 1. The monoisotopic (exact) mass is 310 g/mol. The molecule has 1 aliphatic rings. The molecule has 1 heterocycles. The second-order valence-electron chi connectivity index (χ2n) is 5.08. The predicted octanol–water partition coefficient (Wildman–Crippen LogP) is 4.06. The lowest BCUT2D eigenvalue weighted by atomic mass is 9.87. The second-order valence-corrected chi connectivity index (χ2v) is 5.93. The van der Waals surface area contributed by atoms with Crippen molar-refractivity contribution in [3.63, 3.8) is 0 Å². The molecule has 0 saturated heterocycles. The fraction of sp³-hybridized carbons (Fsp3) is 0.571. The number of amides is 1. The summed E-state index contributed by atoms with van der Waals surface area (Å²) in [5.74, 6) is 1.31. The molecule has 4 heteroatoms. The van der Waals surface area contributed by atoms with Gasteiger partial charge in [0.1, 0.15) is 5.82 Å². The van der Waals surface area contributed by atoms with Gasteiger partial charge in [-0.25, -0.2) is 4.98 Å². The second kappa shape index (κ2) is 6.32. The van der Waals surface area contributed by atoms with Gasteiger partial charge in [-0.15, -0.1) is 0 Å². The van der Waals surface area contributed by atoms with E-state index in [1.807, 2.05) is 13.0 Å². The van der Waals surface area contributed by atoms with Crippen LogP contribution in [0.25, 0.3) is 0 Å². The van der Waals surface area contributed by atoms with Crippen molar-refractivity contribution in [1.82, 2.24) is 4.98 Å². The first-order valence-electron chi connectivity index (χ1n) is 6.57. The smallest absolute Gasteiger partial charge is 0.225 e. The number of hydrogen-bond acceptors (Lipinski definition) is 2. The zero-order valence-electron chi connectivity index (χ0n) is 10.7. The molecule has 1 fully saturated rings. The summed E-state index contributed by atoms with van der Waals surface area (Å²) in [6.07, 6.45) is 8.62. The van der Waals surface area contributed by atoms with Crippen LogP contribution in [-0.4, -0.2) is 10.9 Å². The highest BCUT2D eigenvalue weighted by molar-refractivity contribution is 9.10. The molecule has 1 aliphatic carbocycles. The third-order valence-electron chi connectivity index (χ3n) is 3.51. The van der Waals surface area contributed by atoms with Crippen molar-refractivity contribution in [2.24, 2.45) is 5.92 Å². The first kappa shape index (κ1) is 13.5. The standard InChI is InChI=1S/C14H19BrN2O/c1-10-7-13(16-9-12(10)15)17-14(18)8-11-5-3-2-4-6-11/h7,9,11H,2-6,8H2,1H3,(H,16,17,18). The Bertz CT molecular complexity index is 428. The molecule has 18 heavy (non-hydrogen) atoms. The molecule has 98 valence electrons. The van der Waals surface area contributed by atoms with Crippen LogP contribution >= 0.6 is 15.9 Å². The average Bonchev–Trinajstić information content (AvgIpc) is 2.35. The number of pyridine rings is 1. The minimum Gasteiger partial charge on any atom is -0.311 e. The van der Waals surface area contributed by atoms with Gasteiger partial charge in [-0.1, -0.05) is 19.3 Å². The Morgan fingerprint density at radius 2 is 2.17 bits per heavy atom. The van der Waals surface area contributed by atoms with Crippen LogP contribution < -0.4 is 5.32 Å². The van der Waals surface area contributed by atoms with E-state index in [2.05, 4.69) is 26.2 Å². The normalized spacial score (nSPS) is 16.6.